The molecule has 0 bridgehead atoms. The number of ether oxygens (including phenoxy) is 1. The van der Waals surface area contributed by atoms with E-state index in [1.54, 1.807) is 11.3 Å². The van der Waals surface area contributed by atoms with Gasteiger partial charge in [-0.05, 0) is 39.7 Å². The molecule has 1 aromatic rings. The standard InChI is InChI=1S/C13H21NO2S/c1-6-9-8-10(11(7-2)17-9)14-12(15)16-13(3,4)5/h8H,6-7H2,1-5H3,(H,14,15). The van der Waals surface area contributed by atoms with Gasteiger partial charge in [0.15, 0.2) is 0 Å². The first-order valence-corrected chi connectivity index (χ1v) is 6.79. The Balaban J connectivity index is 2.73. The first-order chi connectivity index (χ1) is 7.85. The number of hydrogen-bond donors (Lipinski definition) is 1. The fourth-order valence-corrected chi connectivity index (χ4v) is 2.44. The first-order valence-electron chi connectivity index (χ1n) is 5.97. The van der Waals surface area contributed by atoms with Crippen LogP contribution in [0.1, 0.15) is 44.4 Å². The Bertz CT molecular complexity index is 391. The van der Waals surface area contributed by atoms with Gasteiger partial charge in [-0.25, -0.2) is 4.79 Å². The van der Waals surface area contributed by atoms with Gasteiger partial charge in [-0.3, -0.25) is 5.32 Å². The summed E-state index contributed by atoms with van der Waals surface area (Å²) in [7, 11) is 0. The maximum absolute atomic E-state index is 11.7. The van der Waals surface area contributed by atoms with Gasteiger partial charge in [0.25, 0.3) is 0 Å². The van der Waals surface area contributed by atoms with Crippen LogP contribution >= 0.6 is 11.3 Å². The maximum atomic E-state index is 11.7. The van der Waals surface area contributed by atoms with Gasteiger partial charge in [0.05, 0.1) is 5.69 Å². The number of thiophene rings is 1. The lowest BCUT2D eigenvalue weighted by molar-refractivity contribution is 0.0636. The van der Waals surface area contributed by atoms with Crippen LogP contribution in [-0.4, -0.2) is 11.7 Å². The minimum atomic E-state index is -0.458. The van der Waals surface area contributed by atoms with Crippen molar-refractivity contribution in [2.75, 3.05) is 5.32 Å². The molecule has 4 heteroatoms. The molecule has 0 unspecified atom stereocenters. The van der Waals surface area contributed by atoms with E-state index in [1.165, 1.54) is 9.75 Å². The fourth-order valence-electron chi connectivity index (χ4n) is 1.44. The molecule has 0 atom stereocenters. The summed E-state index contributed by atoms with van der Waals surface area (Å²) in [6, 6.07) is 2.04. The Morgan fingerprint density at radius 3 is 2.47 bits per heavy atom. The smallest absolute Gasteiger partial charge is 0.412 e. The summed E-state index contributed by atoms with van der Waals surface area (Å²) in [5, 5.41) is 2.82. The van der Waals surface area contributed by atoms with E-state index in [4.69, 9.17) is 4.74 Å². The molecular weight excluding hydrogens is 234 g/mol. The Hall–Kier alpha value is -1.03. The summed E-state index contributed by atoms with van der Waals surface area (Å²) < 4.78 is 5.24. The minimum Gasteiger partial charge on any atom is -0.444 e. The van der Waals surface area contributed by atoms with Gasteiger partial charge in [-0.2, -0.15) is 0 Å². The zero-order chi connectivity index (χ0) is 13.1. The molecule has 0 fully saturated rings. The number of nitrogens with one attached hydrogen (secondary N) is 1. The van der Waals surface area contributed by atoms with Crippen molar-refractivity contribution in [2.45, 2.75) is 53.1 Å². The summed E-state index contributed by atoms with van der Waals surface area (Å²) in [6.45, 7) is 9.78. The molecule has 0 saturated heterocycles. The SMILES string of the molecule is CCc1cc(NC(=O)OC(C)(C)C)c(CC)s1. The van der Waals surface area contributed by atoms with Crippen molar-refractivity contribution in [1.29, 1.82) is 0 Å². The van der Waals surface area contributed by atoms with Crippen molar-refractivity contribution >= 4 is 23.1 Å². The van der Waals surface area contributed by atoms with Crippen LogP contribution in [0.2, 0.25) is 0 Å². The predicted octanol–water partition coefficient (Wildman–Crippen LogP) is 4.22. The van der Waals surface area contributed by atoms with Gasteiger partial charge in [0.2, 0.25) is 0 Å². The first kappa shape index (κ1) is 14.0. The van der Waals surface area contributed by atoms with Gasteiger partial charge in [0.1, 0.15) is 5.60 Å². The molecule has 3 nitrogen and oxygen atoms in total. The second-order valence-electron chi connectivity index (χ2n) is 4.88. The molecule has 0 radical (unpaired) electrons. The lowest BCUT2D eigenvalue weighted by Crippen LogP contribution is -2.27. The molecule has 1 rings (SSSR count). The summed E-state index contributed by atoms with van der Waals surface area (Å²) in [6.07, 6.45) is 1.54. The third-order valence-electron chi connectivity index (χ3n) is 2.17. The molecule has 0 aliphatic rings. The predicted molar refractivity (Wildman–Crippen MR) is 72.9 cm³/mol. The topological polar surface area (TPSA) is 38.3 Å². The molecule has 0 spiro atoms. The summed E-state index contributed by atoms with van der Waals surface area (Å²) in [5.74, 6) is 0. The summed E-state index contributed by atoms with van der Waals surface area (Å²) in [4.78, 5) is 14.2. The van der Waals surface area contributed by atoms with E-state index >= 15 is 0 Å². The molecule has 1 N–H and O–H groups in total. The highest BCUT2D eigenvalue weighted by molar-refractivity contribution is 7.12. The zero-order valence-electron chi connectivity index (χ0n) is 11.2. The third kappa shape index (κ3) is 4.38. The molecule has 0 aliphatic heterocycles. The van der Waals surface area contributed by atoms with E-state index in [0.29, 0.717) is 0 Å². The Kier molecular flexibility index (Phi) is 4.57. The number of rotatable bonds is 3. The Morgan fingerprint density at radius 1 is 1.35 bits per heavy atom. The largest absolute Gasteiger partial charge is 0.444 e. The molecule has 96 valence electrons. The highest BCUT2D eigenvalue weighted by Gasteiger charge is 2.17. The van der Waals surface area contributed by atoms with Crippen LogP contribution in [0.25, 0.3) is 0 Å². The number of aryl methyl sites for hydroxylation is 2. The summed E-state index contributed by atoms with van der Waals surface area (Å²) in [5.41, 5.74) is 0.434. The quantitative estimate of drug-likeness (QED) is 0.878. The zero-order valence-corrected chi connectivity index (χ0v) is 12.0. The highest BCUT2D eigenvalue weighted by Crippen LogP contribution is 2.28. The fraction of sp³-hybridized carbons (Fsp3) is 0.615. The lowest BCUT2D eigenvalue weighted by atomic mass is 10.2. The Morgan fingerprint density at radius 2 is 2.00 bits per heavy atom. The van der Waals surface area contributed by atoms with Crippen LogP contribution in [-0.2, 0) is 17.6 Å². The maximum Gasteiger partial charge on any atom is 0.412 e. The second kappa shape index (κ2) is 5.54. The van der Waals surface area contributed by atoms with Crippen LogP contribution in [0.5, 0.6) is 0 Å². The summed E-state index contributed by atoms with van der Waals surface area (Å²) >= 11 is 1.75. The van der Waals surface area contributed by atoms with E-state index < -0.39 is 5.60 Å². The minimum absolute atomic E-state index is 0.382. The van der Waals surface area contributed by atoms with Gasteiger partial charge < -0.3 is 4.74 Å². The molecule has 1 amide bonds. The van der Waals surface area contributed by atoms with Gasteiger partial charge in [-0.15, -0.1) is 11.3 Å². The number of hydrogen-bond acceptors (Lipinski definition) is 3. The average molecular weight is 255 g/mol. The normalized spacial score (nSPS) is 11.4. The van der Waals surface area contributed by atoms with Crippen molar-refractivity contribution in [3.63, 3.8) is 0 Å². The van der Waals surface area contributed by atoms with Gasteiger partial charge in [0, 0.05) is 9.75 Å². The van der Waals surface area contributed by atoms with Crippen molar-refractivity contribution in [1.82, 2.24) is 0 Å². The highest BCUT2D eigenvalue weighted by atomic mass is 32.1. The van der Waals surface area contributed by atoms with Crippen LogP contribution < -0.4 is 5.32 Å². The van der Waals surface area contributed by atoms with Crippen LogP contribution in [0.3, 0.4) is 0 Å². The molecule has 0 aliphatic carbocycles. The third-order valence-corrected chi connectivity index (χ3v) is 3.59. The van der Waals surface area contributed by atoms with Crippen LogP contribution in [0.15, 0.2) is 6.07 Å². The molecular formula is C13H21NO2S. The van der Waals surface area contributed by atoms with Crippen LogP contribution in [0, 0.1) is 0 Å². The Labute approximate surface area is 107 Å². The second-order valence-corrected chi connectivity index (χ2v) is 6.10. The monoisotopic (exact) mass is 255 g/mol. The number of carbonyl (C=O) groups excluding carboxylic acids is 1. The number of amides is 1. The van der Waals surface area contributed by atoms with Gasteiger partial charge in [-0.1, -0.05) is 13.8 Å². The lowest BCUT2D eigenvalue weighted by Gasteiger charge is -2.19. The number of anilines is 1. The molecule has 0 saturated carbocycles. The van der Waals surface area contributed by atoms with Crippen molar-refractivity contribution in [3.8, 4) is 0 Å². The molecule has 1 aromatic heterocycles. The van der Waals surface area contributed by atoms with Gasteiger partial charge >= 0.3 is 6.09 Å². The van der Waals surface area contributed by atoms with Crippen molar-refractivity contribution < 1.29 is 9.53 Å². The number of carbonyl (C=O) groups is 1. The van der Waals surface area contributed by atoms with Crippen molar-refractivity contribution in [2.24, 2.45) is 0 Å². The van der Waals surface area contributed by atoms with E-state index in [9.17, 15) is 4.79 Å². The van der Waals surface area contributed by atoms with Crippen LogP contribution in [0.4, 0.5) is 10.5 Å². The van der Waals surface area contributed by atoms with E-state index in [1.807, 2.05) is 26.8 Å². The molecule has 17 heavy (non-hydrogen) atoms. The molecule has 0 aromatic carbocycles. The molecule has 1 heterocycles. The van der Waals surface area contributed by atoms with Crippen molar-refractivity contribution in [3.05, 3.63) is 15.8 Å². The average Bonchev–Trinajstić information content (AvgIpc) is 2.57. The van der Waals surface area contributed by atoms with E-state index in [2.05, 4.69) is 19.2 Å². The van der Waals surface area contributed by atoms with E-state index in [-0.39, 0.29) is 6.09 Å². The van der Waals surface area contributed by atoms with E-state index in [0.717, 1.165) is 18.5 Å².